The SMILES string of the molecule is CCCN(C)CCNc1ccc(N2CCc3c(-c4cnc(N)nc4)nc(N4CCOCC4)nc32)cn1. The van der Waals surface area contributed by atoms with Crippen molar-refractivity contribution in [3.05, 3.63) is 36.3 Å². The first kappa shape index (κ1) is 24.1. The number of hydrogen-bond donors (Lipinski definition) is 2. The molecule has 11 heteroatoms. The van der Waals surface area contributed by atoms with Crippen molar-refractivity contribution in [1.29, 1.82) is 0 Å². The minimum Gasteiger partial charge on any atom is -0.378 e. The standard InChI is InChI=1S/C25H34N10O/c1-3-8-33(2)10-7-27-21-5-4-19(17-28-21)35-9-6-20-22(18-15-29-24(26)30-16-18)31-25(32-23(20)35)34-11-13-36-14-12-34/h4-5,15-17H,3,6-14H2,1-2H3,(H,27,28)(H2,26,29,30). The second-order valence-electron chi connectivity index (χ2n) is 9.14. The van der Waals surface area contributed by atoms with E-state index in [4.69, 9.17) is 20.4 Å². The number of nitrogens with one attached hydrogen (secondary N) is 1. The van der Waals surface area contributed by atoms with Gasteiger partial charge in [-0.05, 0) is 38.6 Å². The van der Waals surface area contributed by atoms with Gasteiger partial charge >= 0.3 is 0 Å². The second-order valence-corrected chi connectivity index (χ2v) is 9.14. The number of pyridine rings is 1. The first-order chi connectivity index (χ1) is 17.6. The largest absolute Gasteiger partial charge is 0.378 e. The maximum absolute atomic E-state index is 5.73. The van der Waals surface area contributed by atoms with E-state index < -0.39 is 0 Å². The normalized spacial score (nSPS) is 15.4. The van der Waals surface area contributed by atoms with E-state index in [0.717, 1.165) is 86.3 Å². The molecule has 2 aliphatic heterocycles. The first-order valence-electron chi connectivity index (χ1n) is 12.6. The van der Waals surface area contributed by atoms with Crippen LogP contribution in [0.1, 0.15) is 18.9 Å². The molecular weight excluding hydrogens is 456 g/mol. The lowest BCUT2D eigenvalue weighted by atomic mass is 10.1. The number of morpholine rings is 1. The van der Waals surface area contributed by atoms with E-state index in [1.54, 1.807) is 12.4 Å². The highest BCUT2D eigenvalue weighted by molar-refractivity contribution is 5.76. The van der Waals surface area contributed by atoms with Crippen molar-refractivity contribution in [2.45, 2.75) is 19.8 Å². The summed E-state index contributed by atoms with van der Waals surface area (Å²) in [6.07, 6.45) is 7.36. The van der Waals surface area contributed by atoms with Crippen LogP contribution in [0.4, 0.5) is 29.2 Å². The summed E-state index contributed by atoms with van der Waals surface area (Å²) in [5, 5.41) is 3.42. The molecule has 3 aromatic heterocycles. The van der Waals surface area contributed by atoms with Crippen LogP contribution in [-0.2, 0) is 11.2 Å². The maximum Gasteiger partial charge on any atom is 0.228 e. The Morgan fingerprint density at radius 2 is 1.83 bits per heavy atom. The Kier molecular flexibility index (Phi) is 7.38. The number of nitrogen functional groups attached to an aromatic ring is 1. The molecule has 0 amide bonds. The van der Waals surface area contributed by atoms with Gasteiger partial charge in [-0.3, -0.25) is 0 Å². The van der Waals surface area contributed by atoms with Crippen LogP contribution < -0.4 is 20.9 Å². The topological polar surface area (TPSA) is 121 Å². The lowest BCUT2D eigenvalue weighted by molar-refractivity contribution is 0.122. The molecular formula is C25H34N10O. The Bertz CT molecular complexity index is 1150. The number of aromatic nitrogens is 5. The zero-order chi connectivity index (χ0) is 24.9. The fourth-order valence-electron chi connectivity index (χ4n) is 4.62. The molecule has 5 heterocycles. The van der Waals surface area contributed by atoms with Crippen molar-refractivity contribution < 1.29 is 4.74 Å². The van der Waals surface area contributed by atoms with Gasteiger partial charge < -0.3 is 30.5 Å². The van der Waals surface area contributed by atoms with Gasteiger partial charge in [0.1, 0.15) is 11.6 Å². The molecule has 3 N–H and O–H groups in total. The van der Waals surface area contributed by atoms with Gasteiger partial charge in [0.25, 0.3) is 0 Å². The van der Waals surface area contributed by atoms with E-state index in [9.17, 15) is 0 Å². The Morgan fingerprint density at radius 1 is 1.03 bits per heavy atom. The first-order valence-corrected chi connectivity index (χ1v) is 12.6. The highest BCUT2D eigenvalue weighted by Gasteiger charge is 2.29. The van der Waals surface area contributed by atoms with E-state index in [2.05, 4.69) is 55.0 Å². The third-order valence-electron chi connectivity index (χ3n) is 6.52. The van der Waals surface area contributed by atoms with E-state index in [1.807, 2.05) is 12.3 Å². The van der Waals surface area contributed by atoms with Crippen LogP contribution in [0.5, 0.6) is 0 Å². The number of rotatable bonds is 9. The summed E-state index contributed by atoms with van der Waals surface area (Å²) in [5.41, 5.74) is 9.52. The van der Waals surface area contributed by atoms with Crippen molar-refractivity contribution in [2.24, 2.45) is 0 Å². The molecule has 2 aliphatic rings. The number of ether oxygens (including phenoxy) is 1. The Hall–Kier alpha value is -3.57. The highest BCUT2D eigenvalue weighted by Crippen LogP contribution is 2.39. The summed E-state index contributed by atoms with van der Waals surface area (Å²) in [7, 11) is 2.14. The Morgan fingerprint density at radius 3 is 2.56 bits per heavy atom. The van der Waals surface area contributed by atoms with Gasteiger partial charge in [0.2, 0.25) is 11.9 Å². The fraction of sp³-hybridized carbons (Fsp3) is 0.480. The molecule has 11 nitrogen and oxygen atoms in total. The van der Waals surface area contributed by atoms with E-state index in [0.29, 0.717) is 19.2 Å². The lowest BCUT2D eigenvalue weighted by Gasteiger charge is -2.28. The van der Waals surface area contributed by atoms with Gasteiger partial charge in [-0.25, -0.2) is 19.9 Å². The van der Waals surface area contributed by atoms with Crippen LogP contribution in [0.2, 0.25) is 0 Å². The predicted molar refractivity (Wildman–Crippen MR) is 142 cm³/mol. The van der Waals surface area contributed by atoms with Gasteiger partial charge in [0, 0.05) is 56.2 Å². The van der Waals surface area contributed by atoms with Crippen molar-refractivity contribution in [1.82, 2.24) is 29.8 Å². The van der Waals surface area contributed by atoms with Crippen LogP contribution >= 0.6 is 0 Å². The molecule has 0 bridgehead atoms. The Balaban J connectivity index is 1.41. The van der Waals surface area contributed by atoms with E-state index in [-0.39, 0.29) is 5.95 Å². The molecule has 0 atom stereocenters. The van der Waals surface area contributed by atoms with Crippen LogP contribution in [0.15, 0.2) is 30.7 Å². The van der Waals surface area contributed by atoms with Gasteiger partial charge in [0.15, 0.2) is 0 Å². The average molecular weight is 491 g/mol. The molecule has 1 saturated heterocycles. The Labute approximate surface area is 211 Å². The smallest absolute Gasteiger partial charge is 0.228 e. The molecule has 0 spiro atoms. The van der Waals surface area contributed by atoms with Crippen LogP contribution in [0, 0.1) is 0 Å². The minimum atomic E-state index is 0.247. The van der Waals surface area contributed by atoms with Crippen molar-refractivity contribution in [2.75, 3.05) is 80.4 Å². The molecule has 0 unspecified atom stereocenters. The number of hydrogen-bond acceptors (Lipinski definition) is 11. The van der Waals surface area contributed by atoms with E-state index in [1.165, 1.54) is 0 Å². The number of fused-ring (bicyclic) bond motifs is 1. The highest BCUT2D eigenvalue weighted by atomic mass is 16.5. The molecule has 0 radical (unpaired) electrons. The molecule has 0 aromatic carbocycles. The molecule has 0 aliphatic carbocycles. The molecule has 190 valence electrons. The van der Waals surface area contributed by atoms with Crippen LogP contribution in [0.3, 0.4) is 0 Å². The van der Waals surface area contributed by atoms with E-state index >= 15 is 0 Å². The third kappa shape index (κ3) is 5.31. The summed E-state index contributed by atoms with van der Waals surface area (Å²) in [5.74, 6) is 2.72. The van der Waals surface area contributed by atoms with Gasteiger partial charge in [0.05, 0.1) is 30.8 Å². The number of nitrogens with two attached hydrogens (primary N) is 1. The minimum absolute atomic E-state index is 0.247. The monoisotopic (exact) mass is 490 g/mol. The molecule has 0 saturated carbocycles. The predicted octanol–water partition coefficient (Wildman–Crippen LogP) is 2.20. The number of anilines is 5. The van der Waals surface area contributed by atoms with Crippen molar-refractivity contribution >= 4 is 29.2 Å². The molecule has 1 fully saturated rings. The summed E-state index contributed by atoms with van der Waals surface area (Å²) in [4.78, 5) is 29.7. The fourth-order valence-corrected chi connectivity index (χ4v) is 4.62. The van der Waals surface area contributed by atoms with Gasteiger partial charge in [-0.1, -0.05) is 6.92 Å². The van der Waals surface area contributed by atoms with Crippen molar-refractivity contribution in [3.8, 4) is 11.3 Å². The molecule has 5 rings (SSSR count). The zero-order valence-corrected chi connectivity index (χ0v) is 21.0. The van der Waals surface area contributed by atoms with Crippen molar-refractivity contribution in [3.63, 3.8) is 0 Å². The third-order valence-corrected chi connectivity index (χ3v) is 6.52. The number of likely N-dealkylation sites (N-methyl/N-ethyl adjacent to an activating group) is 1. The van der Waals surface area contributed by atoms with Crippen LogP contribution in [-0.4, -0.2) is 89.3 Å². The summed E-state index contributed by atoms with van der Waals surface area (Å²) < 4.78 is 5.54. The van der Waals surface area contributed by atoms with Gasteiger partial charge in [-0.2, -0.15) is 4.98 Å². The summed E-state index contributed by atoms with van der Waals surface area (Å²) in [6.45, 7) is 8.78. The quantitative estimate of drug-likeness (QED) is 0.459. The molecule has 3 aromatic rings. The number of nitrogens with zero attached hydrogens (tertiary/aromatic N) is 8. The summed E-state index contributed by atoms with van der Waals surface area (Å²) in [6, 6.07) is 4.13. The van der Waals surface area contributed by atoms with Crippen LogP contribution in [0.25, 0.3) is 11.3 Å². The zero-order valence-electron chi connectivity index (χ0n) is 21.0. The lowest BCUT2D eigenvalue weighted by Crippen LogP contribution is -2.37. The molecule has 36 heavy (non-hydrogen) atoms. The second kappa shape index (κ2) is 11.0. The summed E-state index contributed by atoms with van der Waals surface area (Å²) >= 11 is 0. The van der Waals surface area contributed by atoms with Gasteiger partial charge in [-0.15, -0.1) is 0 Å². The average Bonchev–Trinajstić information content (AvgIpc) is 3.34. The maximum atomic E-state index is 5.73.